The summed E-state index contributed by atoms with van der Waals surface area (Å²) in [6.07, 6.45) is 4.97. The average Bonchev–Trinajstić information content (AvgIpc) is 3.20. The van der Waals surface area contributed by atoms with Gasteiger partial charge in [-0.3, -0.25) is 9.69 Å². The van der Waals surface area contributed by atoms with Gasteiger partial charge in [-0.2, -0.15) is 0 Å². The second-order valence-electron chi connectivity index (χ2n) is 9.41. The van der Waals surface area contributed by atoms with Crippen LogP contribution in [0.1, 0.15) is 57.6 Å². The highest BCUT2D eigenvalue weighted by molar-refractivity contribution is 5.81. The second kappa shape index (κ2) is 6.67. The van der Waals surface area contributed by atoms with Crippen LogP contribution in [0.2, 0.25) is 0 Å². The Bertz CT molecular complexity index is 669. The fourth-order valence-corrected chi connectivity index (χ4v) is 5.40. The zero-order valence-corrected chi connectivity index (χ0v) is 16.8. The van der Waals surface area contributed by atoms with E-state index >= 15 is 0 Å². The number of hydrogen-bond donors (Lipinski definition) is 1. The molecule has 6 unspecified atom stereocenters. The van der Waals surface area contributed by atoms with Crippen molar-refractivity contribution in [1.82, 2.24) is 10.2 Å². The molecule has 1 aliphatic heterocycles. The van der Waals surface area contributed by atoms with Gasteiger partial charge in [0.15, 0.2) is 0 Å². The number of hydrogen-bond acceptors (Lipinski definition) is 2. The largest absolute Gasteiger partial charge is 0.352 e. The molecule has 1 saturated heterocycles. The van der Waals surface area contributed by atoms with E-state index < -0.39 is 0 Å². The molecule has 1 aromatic carbocycles. The first-order valence-electron chi connectivity index (χ1n) is 10.5. The summed E-state index contributed by atoms with van der Waals surface area (Å²) in [5, 5.41) is 3.38. The van der Waals surface area contributed by atoms with Gasteiger partial charge in [-0.05, 0) is 50.0 Å². The number of nitrogens with zero attached hydrogens (tertiary/aromatic N) is 1. The SMILES string of the molecule is Cc1ccc(C23CC2CN(C(C)C(=O)NC2CCCC(C)C2C)C3)cc1. The van der Waals surface area contributed by atoms with Crippen molar-refractivity contribution in [3.05, 3.63) is 35.4 Å². The molecule has 3 fully saturated rings. The lowest BCUT2D eigenvalue weighted by molar-refractivity contribution is -0.127. The molecule has 26 heavy (non-hydrogen) atoms. The number of likely N-dealkylation sites (tertiary alicyclic amines) is 1. The molecule has 0 radical (unpaired) electrons. The molecule has 3 heteroatoms. The fourth-order valence-electron chi connectivity index (χ4n) is 5.40. The molecule has 0 aromatic heterocycles. The molecule has 4 rings (SSSR count). The Morgan fingerprint density at radius 2 is 1.96 bits per heavy atom. The van der Waals surface area contributed by atoms with Crippen LogP contribution in [0, 0.1) is 24.7 Å². The summed E-state index contributed by atoms with van der Waals surface area (Å²) >= 11 is 0. The van der Waals surface area contributed by atoms with E-state index in [4.69, 9.17) is 0 Å². The number of carbonyl (C=O) groups excluding carboxylic acids is 1. The van der Waals surface area contributed by atoms with E-state index in [1.54, 1.807) is 0 Å². The zero-order valence-electron chi connectivity index (χ0n) is 16.8. The molecule has 2 aliphatic carbocycles. The number of amides is 1. The molecular formula is C23H34N2O. The van der Waals surface area contributed by atoms with Crippen LogP contribution in [-0.4, -0.2) is 36.0 Å². The first kappa shape index (κ1) is 18.0. The number of piperidine rings is 1. The molecule has 1 heterocycles. The Morgan fingerprint density at radius 3 is 2.69 bits per heavy atom. The quantitative estimate of drug-likeness (QED) is 0.889. The van der Waals surface area contributed by atoms with Crippen molar-refractivity contribution in [2.75, 3.05) is 13.1 Å². The van der Waals surface area contributed by atoms with Crippen LogP contribution in [0.3, 0.4) is 0 Å². The van der Waals surface area contributed by atoms with E-state index in [0.717, 1.165) is 25.4 Å². The smallest absolute Gasteiger partial charge is 0.237 e. The van der Waals surface area contributed by atoms with Crippen LogP contribution in [0.25, 0.3) is 0 Å². The predicted molar refractivity (Wildman–Crippen MR) is 106 cm³/mol. The van der Waals surface area contributed by atoms with E-state index in [-0.39, 0.29) is 11.9 Å². The minimum atomic E-state index is -0.0189. The van der Waals surface area contributed by atoms with Crippen LogP contribution in [0.5, 0.6) is 0 Å². The van der Waals surface area contributed by atoms with Crippen molar-refractivity contribution in [3.8, 4) is 0 Å². The molecule has 0 bridgehead atoms. The number of carbonyl (C=O) groups is 1. The van der Waals surface area contributed by atoms with Crippen molar-refractivity contribution >= 4 is 5.91 Å². The summed E-state index contributed by atoms with van der Waals surface area (Å²) in [7, 11) is 0. The fraction of sp³-hybridized carbons (Fsp3) is 0.696. The Hall–Kier alpha value is -1.35. The third-order valence-corrected chi connectivity index (χ3v) is 7.76. The molecule has 2 saturated carbocycles. The highest BCUT2D eigenvalue weighted by atomic mass is 16.2. The lowest BCUT2D eigenvalue weighted by atomic mass is 9.78. The molecule has 3 nitrogen and oxygen atoms in total. The van der Waals surface area contributed by atoms with Gasteiger partial charge < -0.3 is 5.32 Å². The van der Waals surface area contributed by atoms with E-state index in [1.807, 2.05) is 0 Å². The third kappa shape index (κ3) is 3.09. The minimum Gasteiger partial charge on any atom is -0.352 e. The standard InChI is InChI=1S/C23H34N2O/c1-15-8-10-19(11-9-15)23-12-20(23)13-25(14-23)18(4)22(26)24-21-7-5-6-16(2)17(21)3/h8-11,16-18,20-21H,5-7,12-14H2,1-4H3,(H,24,26). The maximum Gasteiger partial charge on any atom is 0.237 e. The van der Waals surface area contributed by atoms with Gasteiger partial charge in [-0.25, -0.2) is 0 Å². The van der Waals surface area contributed by atoms with Crippen molar-refractivity contribution < 1.29 is 4.79 Å². The van der Waals surface area contributed by atoms with E-state index in [1.165, 1.54) is 30.4 Å². The summed E-state index contributed by atoms with van der Waals surface area (Å²) in [4.78, 5) is 15.3. The van der Waals surface area contributed by atoms with Crippen molar-refractivity contribution in [1.29, 1.82) is 0 Å². The monoisotopic (exact) mass is 354 g/mol. The Balaban J connectivity index is 1.38. The number of aryl methyl sites for hydroxylation is 1. The molecular weight excluding hydrogens is 320 g/mol. The lowest BCUT2D eigenvalue weighted by Crippen LogP contribution is -2.51. The summed E-state index contributed by atoms with van der Waals surface area (Å²) < 4.78 is 0. The van der Waals surface area contributed by atoms with Gasteiger partial charge >= 0.3 is 0 Å². The Morgan fingerprint density at radius 1 is 1.23 bits per heavy atom. The predicted octanol–water partition coefficient (Wildman–Crippen LogP) is 3.90. The normalized spacial score (nSPS) is 37.8. The first-order chi connectivity index (χ1) is 12.4. The summed E-state index contributed by atoms with van der Waals surface area (Å²) in [5.74, 6) is 2.27. The van der Waals surface area contributed by atoms with Crippen LogP contribution < -0.4 is 5.32 Å². The van der Waals surface area contributed by atoms with Gasteiger partial charge in [0.25, 0.3) is 0 Å². The van der Waals surface area contributed by atoms with E-state index in [2.05, 4.69) is 62.2 Å². The molecule has 3 aliphatic rings. The molecule has 0 spiro atoms. The van der Waals surface area contributed by atoms with Gasteiger partial charge in [-0.1, -0.05) is 56.5 Å². The van der Waals surface area contributed by atoms with Gasteiger partial charge in [0.05, 0.1) is 6.04 Å². The molecule has 142 valence electrons. The van der Waals surface area contributed by atoms with E-state index in [0.29, 0.717) is 23.3 Å². The molecule has 1 amide bonds. The van der Waals surface area contributed by atoms with Crippen LogP contribution >= 0.6 is 0 Å². The number of rotatable bonds is 4. The Labute approximate surface area is 158 Å². The van der Waals surface area contributed by atoms with Gasteiger partial charge in [-0.15, -0.1) is 0 Å². The molecule has 1 N–H and O–H groups in total. The van der Waals surface area contributed by atoms with Crippen molar-refractivity contribution in [2.45, 2.75) is 70.9 Å². The summed E-state index contributed by atoms with van der Waals surface area (Å²) in [6, 6.07) is 9.39. The van der Waals surface area contributed by atoms with Crippen LogP contribution in [-0.2, 0) is 10.2 Å². The number of nitrogens with one attached hydrogen (secondary N) is 1. The average molecular weight is 355 g/mol. The highest BCUT2D eigenvalue weighted by Crippen LogP contribution is 2.59. The second-order valence-corrected chi connectivity index (χ2v) is 9.41. The minimum absolute atomic E-state index is 0.0189. The maximum absolute atomic E-state index is 12.9. The van der Waals surface area contributed by atoms with Gasteiger partial charge in [0, 0.05) is 24.5 Å². The summed E-state index contributed by atoms with van der Waals surface area (Å²) in [6.45, 7) is 11.0. The van der Waals surface area contributed by atoms with Gasteiger partial charge in [0.1, 0.15) is 0 Å². The summed E-state index contributed by atoms with van der Waals surface area (Å²) in [5.41, 5.74) is 3.10. The maximum atomic E-state index is 12.9. The highest BCUT2D eigenvalue weighted by Gasteiger charge is 2.61. The topological polar surface area (TPSA) is 32.3 Å². The molecule has 1 aromatic rings. The number of benzene rings is 1. The Kier molecular flexibility index (Phi) is 4.63. The van der Waals surface area contributed by atoms with Gasteiger partial charge in [0.2, 0.25) is 5.91 Å². The van der Waals surface area contributed by atoms with Crippen molar-refractivity contribution in [2.24, 2.45) is 17.8 Å². The van der Waals surface area contributed by atoms with Crippen LogP contribution in [0.4, 0.5) is 0 Å². The number of fused-ring (bicyclic) bond motifs is 1. The van der Waals surface area contributed by atoms with Crippen molar-refractivity contribution in [3.63, 3.8) is 0 Å². The molecule has 6 atom stereocenters. The lowest BCUT2D eigenvalue weighted by Gasteiger charge is -2.36. The van der Waals surface area contributed by atoms with E-state index in [9.17, 15) is 4.79 Å². The third-order valence-electron chi connectivity index (χ3n) is 7.76. The zero-order chi connectivity index (χ0) is 18.5. The first-order valence-corrected chi connectivity index (χ1v) is 10.5. The van der Waals surface area contributed by atoms with Crippen LogP contribution in [0.15, 0.2) is 24.3 Å².